The van der Waals surface area contributed by atoms with Crippen LogP contribution in [0.4, 0.5) is 0 Å². The molecule has 6 nitrogen and oxygen atoms in total. The second kappa shape index (κ2) is 8.59. The smallest absolute Gasteiger partial charge is 0.251 e. The fourth-order valence-electron chi connectivity index (χ4n) is 2.29. The van der Waals surface area contributed by atoms with Crippen molar-refractivity contribution in [3.8, 4) is 11.5 Å². The lowest BCUT2D eigenvalue weighted by Gasteiger charge is -2.13. The van der Waals surface area contributed by atoms with Gasteiger partial charge in [0.1, 0.15) is 0 Å². The molecular formula is C17H22ClN3O3. The van der Waals surface area contributed by atoms with Crippen molar-refractivity contribution in [2.75, 3.05) is 13.2 Å². The molecule has 2 rings (SSSR count). The van der Waals surface area contributed by atoms with Crippen molar-refractivity contribution >= 4 is 17.5 Å². The molecule has 1 heterocycles. The molecular weight excluding hydrogens is 330 g/mol. The summed E-state index contributed by atoms with van der Waals surface area (Å²) in [6.07, 6.45) is 1.58. The van der Waals surface area contributed by atoms with Gasteiger partial charge < -0.3 is 14.8 Å². The van der Waals surface area contributed by atoms with Crippen LogP contribution in [0.2, 0.25) is 5.02 Å². The van der Waals surface area contributed by atoms with Crippen LogP contribution in [0, 0.1) is 0 Å². The molecule has 0 aliphatic heterocycles. The Bertz CT molecular complexity index is 700. The highest BCUT2D eigenvalue weighted by atomic mass is 35.5. The topological polar surface area (TPSA) is 65.4 Å². The van der Waals surface area contributed by atoms with E-state index in [4.69, 9.17) is 21.1 Å². The predicted octanol–water partition coefficient (Wildman–Crippen LogP) is 3.28. The summed E-state index contributed by atoms with van der Waals surface area (Å²) in [7, 11) is 0. The van der Waals surface area contributed by atoms with Gasteiger partial charge in [0.25, 0.3) is 5.91 Å². The van der Waals surface area contributed by atoms with Crippen molar-refractivity contribution in [1.82, 2.24) is 15.1 Å². The summed E-state index contributed by atoms with van der Waals surface area (Å²) < 4.78 is 12.8. The lowest BCUT2D eigenvalue weighted by Crippen LogP contribution is -2.24. The van der Waals surface area contributed by atoms with E-state index in [0.29, 0.717) is 48.4 Å². The molecule has 1 N–H and O–H groups in total. The highest BCUT2D eigenvalue weighted by molar-refractivity contribution is 6.31. The van der Waals surface area contributed by atoms with E-state index in [-0.39, 0.29) is 5.91 Å². The molecule has 0 spiro atoms. The Morgan fingerprint density at radius 1 is 1.21 bits per heavy atom. The molecule has 130 valence electrons. The first kappa shape index (κ1) is 18.1. The Balaban J connectivity index is 2.11. The highest BCUT2D eigenvalue weighted by Gasteiger charge is 2.13. The number of ether oxygens (including phenoxy) is 2. The van der Waals surface area contributed by atoms with Gasteiger partial charge in [-0.1, -0.05) is 11.6 Å². The van der Waals surface area contributed by atoms with Gasteiger partial charge >= 0.3 is 0 Å². The molecule has 0 bridgehead atoms. The fraction of sp³-hybridized carbons (Fsp3) is 0.412. The molecule has 0 fully saturated rings. The minimum atomic E-state index is -0.209. The summed E-state index contributed by atoms with van der Waals surface area (Å²) in [6.45, 7) is 7.78. The summed E-state index contributed by atoms with van der Waals surface area (Å²) >= 11 is 6.10. The van der Waals surface area contributed by atoms with Crippen molar-refractivity contribution in [3.05, 3.63) is 40.7 Å². The number of carbonyl (C=O) groups excluding carboxylic acids is 1. The van der Waals surface area contributed by atoms with Crippen LogP contribution in [0.25, 0.3) is 0 Å². The third-order valence-electron chi connectivity index (χ3n) is 3.42. The van der Waals surface area contributed by atoms with E-state index in [9.17, 15) is 4.79 Å². The van der Waals surface area contributed by atoms with Crippen LogP contribution in [0.5, 0.6) is 11.5 Å². The van der Waals surface area contributed by atoms with E-state index >= 15 is 0 Å². The molecule has 1 aromatic heterocycles. The molecule has 1 amide bonds. The second-order valence-electron chi connectivity index (χ2n) is 4.97. The maximum absolute atomic E-state index is 12.4. The number of halogens is 1. The largest absolute Gasteiger partial charge is 0.490 e. The van der Waals surface area contributed by atoms with Gasteiger partial charge in [-0.05, 0) is 39.0 Å². The first-order valence-electron chi connectivity index (χ1n) is 7.98. The summed E-state index contributed by atoms with van der Waals surface area (Å²) in [5.41, 5.74) is 1.28. The maximum atomic E-state index is 12.4. The number of nitrogens with one attached hydrogen (secondary N) is 1. The van der Waals surface area contributed by atoms with Gasteiger partial charge in [0.15, 0.2) is 11.5 Å². The summed E-state index contributed by atoms with van der Waals surface area (Å²) in [5, 5.41) is 7.55. The molecule has 7 heteroatoms. The van der Waals surface area contributed by atoms with Gasteiger partial charge in [-0.25, -0.2) is 0 Å². The molecule has 0 saturated heterocycles. The Morgan fingerprint density at radius 3 is 2.58 bits per heavy atom. The minimum absolute atomic E-state index is 0.209. The minimum Gasteiger partial charge on any atom is -0.490 e. The number of carbonyl (C=O) groups is 1. The van der Waals surface area contributed by atoms with Gasteiger partial charge in [-0.2, -0.15) is 5.10 Å². The number of hydrogen-bond donors (Lipinski definition) is 1. The first-order chi connectivity index (χ1) is 11.6. The molecule has 0 aliphatic rings. The lowest BCUT2D eigenvalue weighted by molar-refractivity contribution is 0.0949. The van der Waals surface area contributed by atoms with E-state index in [1.807, 2.05) is 20.8 Å². The maximum Gasteiger partial charge on any atom is 0.251 e. The summed E-state index contributed by atoms with van der Waals surface area (Å²) in [5.74, 6) is 0.977. The van der Waals surface area contributed by atoms with Crippen LogP contribution in [-0.2, 0) is 13.1 Å². The number of amides is 1. The number of hydrogen-bond acceptors (Lipinski definition) is 4. The van der Waals surface area contributed by atoms with E-state index in [1.54, 1.807) is 29.1 Å². The quantitative estimate of drug-likeness (QED) is 0.792. The van der Waals surface area contributed by atoms with E-state index in [0.717, 1.165) is 5.69 Å². The molecule has 0 unspecified atom stereocenters. The highest BCUT2D eigenvalue weighted by Crippen LogP contribution is 2.28. The van der Waals surface area contributed by atoms with Gasteiger partial charge in [0.05, 0.1) is 36.7 Å². The molecule has 24 heavy (non-hydrogen) atoms. The molecule has 2 aromatic rings. The van der Waals surface area contributed by atoms with Crippen LogP contribution in [-0.4, -0.2) is 28.9 Å². The molecule has 0 aliphatic carbocycles. The van der Waals surface area contributed by atoms with Crippen molar-refractivity contribution in [2.45, 2.75) is 33.9 Å². The number of nitrogens with zero attached hydrogens (tertiary/aromatic N) is 2. The molecule has 0 atom stereocenters. The molecule has 0 radical (unpaired) electrons. The van der Waals surface area contributed by atoms with Crippen LogP contribution in [0.15, 0.2) is 24.4 Å². The SMILES string of the molecule is CCOc1ccc(C(=O)NCc2c(Cl)cnn2CC)cc1OCC. The zero-order valence-electron chi connectivity index (χ0n) is 14.1. The van der Waals surface area contributed by atoms with Crippen LogP contribution >= 0.6 is 11.6 Å². The van der Waals surface area contributed by atoms with Crippen LogP contribution < -0.4 is 14.8 Å². The zero-order valence-corrected chi connectivity index (χ0v) is 14.9. The standard InChI is InChI=1S/C17H22ClN3O3/c1-4-21-14(13(18)10-20-21)11-19-17(22)12-7-8-15(23-5-2)16(9-12)24-6-3/h7-10H,4-6,11H2,1-3H3,(H,19,22). The number of aryl methyl sites for hydroxylation is 1. The van der Waals surface area contributed by atoms with Crippen molar-refractivity contribution < 1.29 is 14.3 Å². The number of aromatic nitrogens is 2. The first-order valence-corrected chi connectivity index (χ1v) is 8.36. The summed E-state index contributed by atoms with van der Waals surface area (Å²) in [4.78, 5) is 12.4. The van der Waals surface area contributed by atoms with Gasteiger partial charge in [-0.15, -0.1) is 0 Å². The monoisotopic (exact) mass is 351 g/mol. The average Bonchev–Trinajstić information content (AvgIpc) is 2.94. The Morgan fingerprint density at radius 2 is 1.92 bits per heavy atom. The van der Waals surface area contributed by atoms with Crippen molar-refractivity contribution in [2.24, 2.45) is 0 Å². The number of rotatable bonds is 8. The average molecular weight is 352 g/mol. The van der Waals surface area contributed by atoms with Crippen LogP contribution in [0.1, 0.15) is 36.8 Å². The van der Waals surface area contributed by atoms with Crippen molar-refractivity contribution in [1.29, 1.82) is 0 Å². The normalized spacial score (nSPS) is 10.5. The van der Waals surface area contributed by atoms with Gasteiger partial charge in [0.2, 0.25) is 0 Å². The molecule has 1 aromatic carbocycles. The fourth-order valence-corrected chi connectivity index (χ4v) is 2.50. The Hall–Kier alpha value is -2.21. The Kier molecular flexibility index (Phi) is 6.49. The number of benzene rings is 1. The Labute approximate surface area is 146 Å². The van der Waals surface area contributed by atoms with Gasteiger partial charge in [-0.3, -0.25) is 9.48 Å². The van der Waals surface area contributed by atoms with Crippen molar-refractivity contribution in [3.63, 3.8) is 0 Å². The summed E-state index contributed by atoms with van der Waals surface area (Å²) in [6, 6.07) is 5.14. The zero-order chi connectivity index (χ0) is 17.5. The van der Waals surface area contributed by atoms with E-state index < -0.39 is 0 Å². The van der Waals surface area contributed by atoms with E-state index in [2.05, 4.69) is 10.4 Å². The van der Waals surface area contributed by atoms with Gasteiger partial charge in [0, 0.05) is 12.1 Å². The molecule has 0 saturated carbocycles. The third-order valence-corrected chi connectivity index (χ3v) is 3.73. The lowest BCUT2D eigenvalue weighted by atomic mass is 10.2. The predicted molar refractivity (Wildman–Crippen MR) is 92.9 cm³/mol. The van der Waals surface area contributed by atoms with E-state index in [1.165, 1.54) is 0 Å². The second-order valence-corrected chi connectivity index (χ2v) is 5.37. The third kappa shape index (κ3) is 4.20. The van der Waals surface area contributed by atoms with Crippen LogP contribution in [0.3, 0.4) is 0 Å².